The first-order valence-corrected chi connectivity index (χ1v) is 7.42. The highest BCUT2D eigenvalue weighted by atomic mass is 16.4. The van der Waals surface area contributed by atoms with Crippen LogP contribution in [0.2, 0.25) is 0 Å². The number of aromatic carboxylic acids is 1. The molecule has 1 heterocycles. The van der Waals surface area contributed by atoms with Crippen LogP contribution in [0, 0.1) is 5.92 Å². The van der Waals surface area contributed by atoms with Crippen molar-refractivity contribution in [1.29, 1.82) is 0 Å². The first kappa shape index (κ1) is 13.2. The zero-order chi connectivity index (χ0) is 13.9. The quantitative estimate of drug-likeness (QED) is 0.902. The van der Waals surface area contributed by atoms with E-state index in [1.807, 2.05) is 6.33 Å². The zero-order valence-corrected chi connectivity index (χ0v) is 11.6. The van der Waals surface area contributed by atoms with Gasteiger partial charge in [-0.3, -0.25) is 0 Å². The number of hydrogen-bond donors (Lipinski definition) is 1. The lowest BCUT2D eigenvalue weighted by Gasteiger charge is -2.09. The Morgan fingerprint density at radius 1 is 1.35 bits per heavy atom. The second-order valence-electron chi connectivity index (χ2n) is 5.74. The highest BCUT2D eigenvalue weighted by Gasteiger charge is 2.14. The molecule has 0 saturated heterocycles. The molecule has 0 bridgehead atoms. The van der Waals surface area contributed by atoms with Gasteiger partial charge in [0.15, 0.2) is 0 Å². The summed E-state index contributed by atoms with van der Waals surface area (Å²) in [5, 5.41) is 9.06. The van der Waals surface area contributed by atoms with Crippen LogP contribution < -0.4 is 0 Å². The Morgan fingerprint density at radius 3 is 2.90 bits per heavy atom. The molecule has 1 aliphatic rings. The number of rotatable bonds is 5. The monoisotopic (exact) mass is 272 g/mol. The molecule has 4 heteroatoms. The molecular formula is C16H20N2O2. The Balaban J connectivity index is 1.70. The summed E-state index contributed by atoms with van der Waals surface area (Å²) in [7, 11) is 0. The van der Waals surface area contributed by atoms with E-state index in [0.717, 1.165) is 29.9 Å². The lowest BCUT2D eigenvalue weighted by atomic mass is 10.0. The van der Waals surface area contributed by atoms with Crippen molar-refractivity contribution in [2.45, 2.75) is 45.1 Å². The maximum absolute atomic E-state index is 11.0. The summed E-state index contributed by atoms with van der Waals surface area (Å²) in [6, 6.07) is 5.12. The van der Waals surface area contributed by atoms with Gasteiger partial charge in [-0.25, -0.2) is 9.78 Å². The van der Waals surface area contributed by atoms with Gasteiger partial charge in [0.1, 0.15) is 0 Å². The SMILES string of the molecule is O=C(O)c1ccc2ncn(CCCC3CCCC3)c2c1. The van der Waals surface area contributed by atoms with Crippen LogP contribution in [-0.4, -0.2) is 20.6 Å². The number of aryl methyl sites for hydroxylation is 1. The summed E-state index contributed by atoms with van der Waals surface area (Å²) in [5.41, 5.74) is 2.13. The number of nitrogens with zero attached hydrogens (tertiary/aromatic N) is 2. The zero-order valence-electron chi connectivity index (χ0n) is 11.6. The number of carboxylic acids is 1. The largest absolute Gasteiger partial charge is 0.478 e. The third-order valence-electron chi connectivity index (χ3n) is 4.35. The van der Waals surface area contributed by atoms with Crippen LogP contribution in [0.4, 0.5) is 0 Å². The smallest absolute Gasteiger partial charge is 0.335 e. The Morgan fingerprint density at radius 2 is 2.15 bits per heavy atom. The van der Waals surface area contributed by atoms with Crippen molar-refractivity contribution in [2.24, 2.45) is 5.92 Å². The third kappa shape index (κ3) is 2.69. The fourth-order valence-corrected chi connectivity index (χ4v) is 3.22. The van der Waals surface area contributed by atoms with E-state index in [1.165, 1.54) is 32.1 Å². The summed E-state index contributed by atoms with van der Waals surface area (Å²) < 4.78 is 2.08. The van der Waals surface area contributed by atoms with E-state index in [2.05, 4.69) is 9.55 Å². The Labute approximate surface area is 118 Å². The van der Waals surface area contributed by atoms with Crippen LogP contribution in [-0.2, 0) is 6.54 Å². The van der Waals surface area contributed by atoms with E-state index >= 15 is 0 Å². The van der Waals surface area contributed by atoms with E-state index in [1.54, 1.807) is 18.2 Å². The third-order valence-corrected chi connectivity index (χ3v) is 4.35. The molecule has 0 radical (unpaired) electrons. The van der Waals surface area contributed by atoms with Crippen LogP contribution >= 0.6 is 0 Å². The van der Waals surface area contributed by atoms with E-state index in [-0.39, 0.29) is 0 Å². The molecule has 106 valence electrons. The predicted octanol–water partition coefficient (Wildman–Crippen LogP) is 3.70. The Bertz CT molecular complexity index is 612. The molecule has 1 aromatic carbocycles. The van der Waals surface area contributed by atoms with E-state index in [0.29, 0.717) is 5.56 Å². The molecule has 1 saturated carbocycles. The average molecular weight is 272 g/mol. The summed E-state index contributed by atoms with van der Waals surface area (Å²) in [6.07, 6.45) is 9.79. The molecule has 4 nitrogen and oxygen atoms in total. The molecule has 0 unspecified atom stereocenters. The Hall–Kier alpha value is -1.84. The van der Waals surface area contributed by atoms with Gasteiger partial charge in [0, 0.05) is 6.54 Å². The molecule has 20 heavy (non-hydrogen) atoms. The van der Waals surface area contributed by atoms with Gasteiger partial charge in [0.25, 0.3) is 0 Å². The predicted molar refractivity (Wildman–Crippen MR) is 77.9 cm³/mol. The number of aromatic nitrogens is 2. The number of fused-ring (bicyclic) bond motifs is 1. The van der Waals surface area contributed by atoms with Gasteiger partial charge in [-0.1, -0.05) is 25.7 Å². The summed E-state index contributed by atoms with van der Waals surface area (Å²) in [6.45, 7) is 0.927. The maximum atomic E-state index is 11.0. The van der Waals surface area contributed by atoms with Gasteiger partial charge in [-0.2, -0.15) is 0 Å². The summed E-state index contributed by atoms with van der Waals surface area (Å²) >= 11 is 0. The minimum Gasteiger partial charge on any atom is -0.478 e. The number of benzene rings is 1. The molecule has 3 rings (SSSR count). The van der Waals surface area contributed by atoms with Gasteiger partial charge in [-0.05, 0) is 37.0 Å². The molecule has 1 fully saturated rings. The molecular weight excluding hydrogens is 252 g/mol. The standard InChI is InChI=1S/C16H20N2O2/c19-16(20)13-7-8-14-15(10-13)18(11-17-14)9-3-6-12-4-1-2-5-12/h7-8,10-12H,1-6,9H2,(H,19,20). The molecule has 0 amide bonds. The van der Waals surface area contributed by atoms with Crippen molar-refractivity contribution in [1.82, 2.24) is 9.55 Å². The number of imidazole rings is 1. The summed E-state index contributed by atoms with van der Waals surface area (Å²) in [5.74, 6) is 0.0185. The maximum Gasteiger partial charge on any atom is 0.335 e. The van der Waals surface area contributed by atoms with Crippen molar-refractivity contribution < 1.29 is 9.90 Å². The van der Waals surface area contributed by atoms with E-state index in [4.69, 9.17) is 5.11 Å². The van der Waals surface area contributed by atoms with Crippen molar-refractivity contribution in [3.63, 3.8) is 0 Å². The average Bonchev–Trinajstić information content (AvgIpc) is 3.08. The van der Waals surface area contributed by atoms with Crippen LogP contribution in [0.25, 0.3) is 11.0 Å². The van der Waals surface area contributed by atoms with E-state index in [9.17, 15) is 4.79 Å². The second kappa shape index (κ2) is 5.65. The second-order valence-corrected chi connectivity index (χ2v) is 5.74. The van der Waals surface area contributed by atoms with Crippen LogP contribution in [0.5, 0.6) is 0 Å². The molecule has 1 aromatic heterocycles. The van der Waals surface area contributed by atoms with Gasteiger partial charge >= 0.3 is 5.97 Å². The molecule has 0 spiro atoms. The summed E-state index contributed by atoms with van der Waals surface area (Å²) in [4.78, 5) is 15.4. The molecule has 0 aliphatic heterocycles. The fourth-order valence-electron chi connectivity index (χ4n) is 3.22. The molecule has 1 N–H and O–H groups in total. The fraction of sp³-hybridized carbons (Fsp3) is 0.500. The lowest BCUT2D eigenvalue weighted by molar-refractivity contribution is 0.0697. The highest BCUT2D eigenvalue weighted by molar-refractivity contribution is 5.92. The highest BCUT2D eigenvalue weighted by Crippen LogP contribution is 2.28. The Kier molecular flexibility index (Phi) is 3.72. The van der Waals surface area contributed by atoms with Crippen molar-refractivity contribution in [3.8, 4) is 0 Å². The molecule has 1 aliphatic carbocycles. The minimum atomic E-state index is -0.884. The van der Waals surface area contributed by atoms with Gasteiger partial charge in [0.05, 0.1) is 22.9 Å². The number of carbonyl (C=O) groups is 1. The van der Waals surface area contributed by atoms with Gasteiger partial charge in [-0.15, -0.1) is 0 Å². The lowest BCUT2D eigenvalue weighted by Crippen LogP contribution is -2.01. The van der Waals surface area contributed by atoms with Crippen molar-refractivity contribution in [3.05, 3.63) is 30.1 Å². The van der Waals surface area contributed by atoms with Crippen LogP contribution in [0.3, 0.4) is 0 Å². The normalized spacial score (nSPS) is 16.0. The molecule has 2 aromatic rings. The van der Waals surface area contributed by atoms with Crippen LogP contribution in [0.1, 0.15) is 48.9 Å². The van der Waals surface area contributed by atoms with E-state index < -0.39 is 5.97 Å². The first-order valence-electron chi connectivity index (χ1n) is 7.42. The van der Waals surface area contributed by atoms with Crippen molar-refractivity contribution in [2.75, 3.05) is 0 Å². The van der Waals surface area contributed by atoms with Gasteiger partial charge in [0.2, 0.25) is 0 Å². The first-order chi connectivity index (χ1) is 9.74. The van der Waals surface area contributed by atoms with Crippen LogP contribution in [0.15, 0.2) is 24.5 Å². The number of hydrogen-bond acceptors (Lipinski definition) is 2. The van der Waals surface area contributed by atoms with Crippen molar-refractivity contribution >= 4 is 17.0 Å². The number of carboxylic acid groups (broad SMARTS) is 1. The minimum absolute atomic E-state index is 0.329. The molecule has 0 atom stereocenters. The van der Waals surface area contributed by atoms with Gasteiger partial charge < -0.3 is 9.67 Å². The topological polar surface area (TPSA) is 55.1 Å².